The monoisotopic (exact) mass is 346 g/mol. The summed E-state index contributed by atoms with van der Waals surface area (Å²) in [5.74, 6) is 1.15. The molecule has 0 spiro atoms. The molecule has 0 atom stereocenters. The van der Waals surface area contributed by atoms with E-state index in [1.807, 2.05) is 17.8 Å². The molecule has 0 unspecified atom stereocenters. The Balaban J connectivity index is 2.47. The lowest BCUT2D eigenvalue weighted by atomic mass is 10.2. The normalized spacial score (nSPS) is 11.3. The van der Waals surface area contributed by atoms with E-state index in [0.717, 1.165) is 25.0 Å². The second-order valence-electron chi connectivity index (χ2n) is 4.56. The first kappa shape index (κ1) is 18.3. The maximum Gasteiger partial charge on any atom is 0.240 e. The van der Waals surface area contributed by atoms with Crippen LogP contribution in [0.2, 0.25) is 5.02 Å². The number of nitrogens with one attached hydrogen (secondary N) is 1. The molecule has 7 heteroatoms. The lowest BCUT2D eigenvalue weighted by Gasteiger charge is -2.07. The van der Waals surface area contributed by atoms with E-state index in [1.165, 1.54) is 24.6 Å². The minimum Gasteiger partial charge on any atom is -0.211 e. The van der Waals surface area contributed by atoms with Crippen LogP contribution in [-0.4, -0.2) is 27.0 Å². The Morgan fingerprint density at radius 1 is 1.29 bits per heavy atom. The summed E-state index contributed by atoms with van der Waals surface area (Å²) in [6.45, 7) is 0.416. The Morgan fingerprint density at radius 2 is 2.00 bits per heavy atom. The summed E-state index contributed by atoms with van der Waals surface area (Å²) >= 11 is 7.68. The molecule has 0 aliphatic carbocycles. The molecule has 0 saturated heterocycles. The average Bonchev–Trinajstić information content (AvgIpc) is 2.46. The number of nitrogens with zero attached hydrogens (tertiary/aromatic N) is 1. The first-order chi connectivity index (χ1) is 10.0. The molecule has 0 fully saturated rings. The summed E-state index contributed by atoms with van der Waals surface area (Å²) < 4.78 is 26.7. The van der Waals surface area contributed by atoms with E-state index < -0.39 is 10.0 Å². The zero-order valence-electron chi connectivity index (χ0n) is 11.9. The smallest absolute Gasteiger partial charge is 0.211 e. The molecule has 116 valence electrons. The number of thioether (sulfide) groups is 1. The molecule has 1 rings (SSSR count). The second kappa shape index (κ2) is 9.31. The highest BCUT2D eigenvalue weighted by molar-refractivity contribution is 7.98. The lowest BCUT2D eigenvalue weighted by molar-refractivity contribution is 0.574. The molecule has 0 aliphatic rings. The zero-order valence-corrected chi connectivity index (χ0v) is 14.3. The van der Waals surface area contributed by atoms with Crippen LogP contribution in [0.25, 0.3) is 0 Å². The van der Waals surface area contributed by atoms with Crippen LogP contribution in [-0.2, 0) is 10.0 Å². The Bertz CT molecular complexity index is 597. The summed E-state index contributed by atoms with van der Waals surface area (Å²) in [6.07, 6.45) is 6.19. The molecule has 21 heavy (non-hydrogen) atoms. The Hall–Kier alpha value is -0.740. The maximum atomic E-state index is 12.1. The summed E-state index contributed by atoms with van der Waals surface area (Å²) in [5.41, 5.74) is 0.268. The van der Waals surface area contributed by atoms with Gasteiger partial charge in [0.25, 0.3) is 0 Å². The van der Waals surface area contributed by atoms with Gasteiger partial charge in [0.05, 0.1) is 15.5 Å². The quantitative estimate of drug-likeness (QED) is 0.695. The minimum absolute atomic E-state index is 0.0916. The van der Waals surface area contributed by atoms with Gasteiger partial charge in [-0.1, -0.05) is 24.4 Å². The molecule has 0 bridgehead atoms. The van der Waals surface area contributed by atoms with Crippen molar-refractivity contribution in [3.63, 3.8) is 0 Å². The number of nitriles is 1. The van der Waals surface area contributed by atoms with Gasteiger partial charge in [0, 0.05) is 6.54 Å². The highest BCUT2D eigenvalue weighted by Crippen LogP contribution is 2.20. The predicted octanol–water partition coefficient (Wildman–Crippen LogP) is 3.41. The van der Waals surface area contributed by atoms with E-state index in [1.54, 1.807) is 0 Å². The van der Waals surface area contributed by atoms with E-state index in [9.17, 15) is 8.42 Å². The van der Waals surface area contributed by atoms with Crippen molar-refractivity contribution in [2.45, 2.75) is 30.6 Å². The van der Waals surface area contributed by atoms with Crippen LogP contribution in [0.4, 0.5) is 0 Å². The third-order valence-electron chi connectivity index (χ3n) is 2.94. The van der Waals surface area contributed by atoms with Gasteiger partial charge in [-0.05, 0) is 43.0 Å². The number of hydrogen-bond acceptors (Lipinski definition) is 4. The Morgan fingerprint density at radius 3 is 2.62 bits per heavy atom. The van der Waals surface area contributed by atoms with E-state index in [2.05, 4.69) is 11.0 Å². The average molecular weight is 347 g/mol. The summed E-state index contributed by atoms with van der Waals surface area (Å²) in [5, 5.41) is 8.92. The van der Waals surface area contributed by atoms with E-state index in [0.29, 0.717) is 6.54 Å². The molecule has 0 saturated carbocycles. The molecule has 1 aromatic carbocycles. The molecule has 1 N–H and O–H groups in total. The summed E-state index contributed by atoms with van der Waals surface area (Å²) in [6, 6.07) is 6.02. The molecule has 0 radical (unpaired) electrons. The van der Waals surface area contributed by atoms with Crippen molar-refractivity contribution in [3.8, 4) is 6.07 Å². The molecule has 0 aliphatic heterocycles. The van der Waals surface area contributed by atoms with Gasteiger partial charge < -0.3 is 0 Å². The standard InChI is InChI=1S/C14H19ClN2O2S2/c1-20-9-5-3-2-4-8-17-21(18,19)13-7-6-12(11-16)14(15)10-13/h6-7,10,17H,2-5,8-9H2,1H3. The fraction of sp³-hybridized carbons (Fsp3) is 0.500. The van der Waals surface area contributed by atoms with Gasteiger partial charge in [-0.25, -0.2) is 13.1 Å². The molecule has 0 amide bonds. The number of benzene rings is 1. The Kier molecular flexibility index (Phi) is 8.12. The SMILES string of the molecule is CSCCCCCCNS(=O)(=O)c1ccc(C#N)c(Cl)c1. The van der Waals surface area contributed by atoms with Crippen molar-refractivity contribution < 1.29 is 8.42 Å². The van der Waals surface area contributed by atoms with Crippen LogP contribution in [0.3, 0.4) is 0 Å². The molecular weight excluding hydrogens is 328 g/mol. The number of hydrogen-bond donors (Lipinski definition) is 1. The van der Waals surface area contributed by atoms with E-state index in [-0.39, 0.29) is 15.5 Å². The number of rotatable bonds is 9. The summed E-state index contributed by atoms with van der Waals surface area (Å²) in [4.78, 5) is 0.0916. The van der Waals surface area contributed by atoms with Crippen LogP contribution < -0.4 is 4.72 Å². The first-order valence-electron chi connectivity index (χ1n) is 6.69. The third kappa shape index (κ3) is 6.27. The molecule has 0 heterocycles. The fourth-order valence-corrected chi connectivity index (χ4v) is 3.65. The van der Waals surface area contributed by atoms with Gasteiger partial charge in [-0.15, -0.1) is 0 Å². The van der Waals surface area contributed by atoms with Crippen LogP contribution in [0, 0.1) is 11.3 Å². The number of halogens is 1. The maximum absolute atomic E-state index is 12.1. The van der Waals surface area contributed by atoms with Crippen molar-refractivity contribution in [2.24, 2.45) is 0 Å². The van der Waals surface area contributed by atoms with Gasteiger partial charge in [0.1, 0.15) is 6.07 Å². The summed E-state index contributed by atoms with van der Waals surface area (Å²) in [7, 11) is -3.55. The van der Waals surface area contributed by atoms with Crippen molar-refractivity contribution >= 4 is 33.4 Å². The highest BCUT2D eigenvalue weighted by Gasteiger charge is 2.14. The van der Waals surface area contributed by atoms with Crippen molar-refractivity contribution in [1.29, 1.82) is 5.26 Å². The Labute approximate surface area is 135 Å². The minimum atomic E-state index is -3.55. The van der Waals surface area contributed by atoms with Gasteiger partial charge in [-0.2, -0.15) is 17.0 Å². The molecule has 0 aromatic heterocycles. The van der Waals surface area contributed by atoms with Crippen LogP contribution >= 0.6 is 23.4 Å². The largest absolute Gasteiger partial charge is 0.240 e. The first-order valence-corrected chi connectivity index (χ1v) is 9.95. The number of sulfonamides is 1. The van der Waals surface area contributed by atoms with Crippen LogP contribution in [0.5, 0.6) is 0 Å². The van der Waals surface area contributed by atoms with Crippen LogP contribution in [0.15, 0.2) is 23.1 Å². The van der Waals surface area contributed by atoms with Gasteiger partial charge in [0.2, 0.25) is 10.0 Å². The lowest BCUT2D eigenvalue weighted by Crippen LogP contribution is -2.24. The second-order valence-corrected chi connectivity index (χ2v) is 7.72. The van der Waals surface area contributed by atoms with Crippen molar-refractivity contribution in [1.82, 2.24) is 4.72 Å². The molecular formula is C14H19ClN2O2S2. The number of unbranched alkanes of at least 4 members (excludes halogenated alkanes) is 3. The molecule has 1 aromatic rings. The van der Waals surface area contributed by atoms with Gasteiger partial charge >= 0.3 is 0 Å². The zero-order chi connectivity index (χ0) is 15.7. The van der Waals surface area contributed by atoms with Gasteiger partial charge in [0.15, 0.2) is 0 Å². The van der Waals surface area contributed by atoms with Gasteiger partial charge in [-0.3, -0.25) is 0 Å². The topological polar surface area (TPSA) is 70.0 Å². The third-order valence-corrected chi connectivity index (χ3v) is 5.41. The van der Waals surface area contributed by atoms with E-state index in [4.69, 9.17) is 16.9 Å². The van der Waals surface area contributed by atoms with Crippen molar-refractivity contribution in [3.05, 3.63) is 28.8 Å². The van der Waals surface area contributed by atoms with E-state index >= 15 is 0 Å². The predicted molar refractivity (Wildman–Crippen MR) is 88.2 cm³/mol. The fourth-order valence-electron chi connectivity index (χ4n) is 1.77. The van der Waals surface area contributed by atoms with Crippen LogP contribution in [0.1, 0.15) is 31.2 Å². The molecule has 4 nitrogen and oxygen atoms in total. The highest BCUT2D eigenvalue weighted by atomic mass is 35.5. The van der Waals surface area contributed by atoms with Crippen molar-refractivity contribution in [2.75, 3.05) is 18.6 Å².